The van der Waals surface area contributed by atoms with Crippen LogP contribution < -0.4 is 19.5 Å². The zero-order valence-electron chi connectivity index (χ0n) is 15.0. The van der Waals surface area contributed by atoms with Crippen LogP contribution in [0.2, 0.25) is 0 Å². The molecule has 0 spiro atoms. The summed E-state index contributed by atoms with van der Waals surface area (Å²) in [5.41, 5.74) is 4.26. The zero-order chi connectivity index (χ0) is 18.0. The van der Waals surface area contributed by atoms with Crippen molar-refractivity contribution in [3.63, 3.8) is 0 Å². The number of hydrogen-bond acceptors (Lipinski definition) is 4. The fraction of sp³-hybridized carbons (Fsp3) is 0.350. The first kappa shape index (κ1) is 17.1. The Morgan fingerprint density at radius 3 is 2.44 bits per heavy atom. The van der Waals surface area contributed by atoms with Crippen molar-refractivity contribution in [2.75, 3.05) is 21.3 Å². The molecule has 2 aromatic carbocycles. The molecule has 1 N–H and O–H groups in total. The van der Waals surface area contributed by atoms with Crippen LogP contribution in [0.4, 0.5) is 0 Å². The van der Waals surface area contributed by atoms with Crippen molar-refractivity contribution in [3.05, 3.63) is 41.5 Å². The van der Waals surface area contributed by atoms with E-state index in [9.17, 15) is 4.79 Å². The van der Waals surface area contributed by atoms with E-state index in [0.717, 1.165) is 35.1 Å². The normalized spacial score (nSPS) is 15.4. The lowest BCUT2D eigenvalue weighted by atomic mass is 9.94. The van der Waals surface area contributed by atoms with Gasteiger partial charge in [-0.15, -0.1) is 0 Å². The summed E-state index contributed by atoms with van der Waals surface area (Å²) in [6, 6.07) is 10.1. The molecule has 3 rings (SSSR count). The summed E-state index contributed by atoms with van der Waals surface area (Å²) in [5.74, 6) is 1.85. The molecule has 25 heavy (non-hydrogen) atoms. The van der Waals surface area contributed by atoms with E-state index in [1.807, 2.05) is 18.2 Å². The highest BCUT2D eigenvalue weighted by molar-refractivity contribution is 5.83. The molecule has 1 atom stereocenters. The first-order valence-corrected chi connectivity index (χ1v) is 8.29. The first-order valence-electron chi connectivity index (χ1n) is 8.29. The molecule has 0 saturated carbocycles. The van der Waals surface area contributed by atoms with E-state index >= 15 is 0 Å². The summed E-state index contributed by atoms with van der Waals surface area (Å²) in [4.78, 5) is 11.7. The molecule has 132 valence electrons. The van der Waals surface area contributed by atoms with E-state index < -0.39 is 0 Å². The van der Waals surface area contributed by atoms with E-state index in [1.165, 1.54) is 0 Å². The molecule has 0 fully saturated rings. The number of nitrogens with one attached hydrogen (secondary N) is 1. The average Bonchev–Trinajstić information content (AvgIpc) is 2.77. The number of methoxy groups -OCH3 is 3. The van der Waals surface area contributed by atoms with E-state index in [-0.39, 0.29) is 11.9 Å². The molecule has 1 aliphatic rings. The van der Waals surface area contributed by atoms with Crippen LogP contribution >= 0.6 is 0 Å². The van der Waals surface area contributed by atoms with Crippen LogP contribution in [0.15, 0.2) is 30.3 Å². The Balaban J connectivity index is 2.28. The van der Waals surface area contributed by atoms with Crippen molar-refractivity contribution in [3.8, 4) is 28.4 Å². The Morgan fingerprint density at radius 2 is 1.80 bits per heavy atom. The molecular weight excluding hydrogens is 318 g/mol. The van der Waals surface area contributed by atoms with Crippen LogP contribution in [0, 0.1) is 0 Å². The van der Waals surface area contributed by atoms with E-state index in [4.69, 9.17) is 14.2 Å². The fourth-order valence-electron chi connectivity index (χ4n) is 3.58. The van der Waals surface area contributed by atoms with Gasteiger partial charge in [0.2, 0.25) is 11.7 Å². The summed E-state index contributed by atoms with van der Waals surface area (Å²) < 4.78 is 16.8. The maximum atomic E-state index is 11.7. The lowest BCUT2D eigenvalue weighted by Crippen LogP contribution is -2.26. The van der Waals surface area contributed by atoms with Gasteiger partial charge in [0.05, 0.1) is 27.4 Å². The lowest BCUT2D eigenvalue weighted by Gasteiger charge is -2.20. The third-order valence-electron chi connectivity index (χ3n) is 4.60. The average molecular weight is 341 g/mol. The van der Waals surface area contributed by atoms with Crippen molar-refractivity contribution in [1.82, 2.24) is 5.32 Å². The van der Waals surface area contributed by atoms with Gasteiger partial charge in [-0.2, -0.15) is 0 Å². The number of amides is 1. The largest absolute Gasteiger partial charge is 0.493 e. The van der Waals surface area contributed by atoms with Gasteiger partial charge in [-0.25, -0.2) is 0 Å². The second-order valence-corrected chi connectivity index (χ2v) is 6.06. The third kappa shape index (κ3) is 3.02. The van der Waals surface area contributed by atoms with Crippen molar-refractivity contribution < 1.29 is 19.0 Å². The molecule has 5 nitrogen and oxygen atoms in total. The molecule has 1 aliphatic carbocycles. The Morgan fingerprint density at radius 1 is 1.08 bits per heavy atom. The summed E-state index contributed by atoms with van der Waals surface area (Å²) in [6.45, 7) is 1.55. The summed E-state index contributed by atoms with van der Waals surface area (Å²) in [7, 11) is 4.86. The predicted octanol–water partition coefficient (Wildman–Crippen LogP) is 3.50. The molecule has 0 aromatic heterocycles. The topological polar surface area (TPSA) is 56.8 Å². The van der Waals surface area contributed by atoms with Crippen molar-refractivity contribution >= 4 is 5.91 Å². The number of carbonyl (C=O) groups excluding carboxylic acids is 1. The molecular formula is C20H23NO4. The Bertz CT molecular complexity index is 801. The first-order chi connectivity index (χ1) is 12.1. The minimum atomic E-state index is -0.0391. The Labute approximate surface area is 147 Å². The van der Waals surface area contributed by atoms with Gasteiger partial charge in [-0.3, -0.25) is 4.79 Å². The highest BCUT2D eigenvalue weighted by Gasteiger charge is 2.28. The number of hydrogen-bond donors (Lipinski definition) is 1. The number of fused-ring (bicyclic) bond motifs is 3. The molecule has 0 saturated heterocycles. The molecule has 1 unspecified atom stereocenters. The van der Waals surface area contributed by atoms with Gasteiger partial charge in [0, 0.05) is 12.5 Å². The van der Waals surface area contributed by atoms with Gasteiger partial charge in [0.1, 0.15) is 0 Å². The van der Waals surface area contributed by atoms with Gasteiger partial charge < -0.3 is 19.5 Å². The van der Waals surface area contributed by atoms with Crippen molar-refractivity contribution in [2.45, 2.75) is 25.8 Å². The van der Waals surface area contributed by atoms with Gasteiger partial charge >= 0.3 is 0 Å². The van der Waals surface area contributed by atoms with Crippen LogP contribution in [0.3, 0.4) is 0 Å². The predicted molar refractivity (Wildman–Crippen MR) is 96.4 cm³/mol. The second kappa shape index (κ2) is 7.05. The van der Waals surface area contributed by atoms with E-state index in [0.29, 0.717) is 17.2 Å². The van der Waals surface area contributed by atoms with Crippen molar-refractivity contribution in [2.24, 2.45) is 0 Å². The highest BCUT2D eigenvalue weighted by atomic mass is 16.5. The smallest absolute Gasteiger partial charge is 0.217 e. The Hall–Kier alpha value is -2.69. The molecule has 5 heteroatoms. The van der Waals surface area contributed by atoms with Gasteiger partial charge in [-0.05, 0) is 35.6 Å². The number of rotatable bonds is 4. The molecule has 0 heterocycles. The quantitative estimate of drug-likeness (QED) is 0.925. The van der Waals surface area contributed by atoms with Crippen molar-refractivity contribution in [1.29, 1.82) is 0 Å². The number of ether oxygens (including phenoxy) is 3. The molecule has 0 bridgehead atoms. The summed E-state index contributed by atoms with van der Waals surface area (Å²) in [5, 5.41) is 3.07. The van der Waals surface area contributed by atoms with E-state index in [1.54, 1.807) is 28.3 Å². The third-order valence-corrected chi connectivity index (χ3v) is 4.60. The monoisotopic (exact) mass is 341 g/mol. The van der Waals surface area contributed by atoms with Crippen LogP contribution in [0.25, 0.3) is 11.1 Å². The maximum absolute atomic E-state index is 11.7. The molecule has 0 radical (unpaired) electrons. The van der Waals surface area contributed by atoms with Gasteiger partial charge in [-0.1, -0.05) is 24.3 Å². The van der Waals surface area contributed by atoms with Crippen LogP contribution in [-0.2, 0) is 11.2 Å². The summed E-state index contributed by atoms with van der Waals surface area (Å²) >= 11 is 0. The van der Waals surface area contributed by atoms with Crippen LogP contribution in [-0.4, -0.2) is 27.2 Å². The van der Waals surface area contributed by atoms with Crippen LogP contribution in [0.1, 0.15) is 30.5 Å². The maximum Gasteiger partial charge on any atom is 0.217 e. The molecule has 1 amide bonds. The zero-order valence-corrected chi connectivity index (χ0v) is 15.0. The molecule has 2 aromatic rings. The minimum absolute atomic E-state index is 0.0344. The van der Waals surface area contributed by atoms with Gasteiger partial charge in [0.15, 0.2) is 11.5 Å². The second-order valence-electron chi connectivity index (χ2n) is 6.06. The number of carbonyl (C=O) groups is 1. The minimum Gasteiger partial charge on any atom is -0.493 e. The van der Waals surface area contributed by atoms with Gasteiger partial charge in [0.25, 0.3) is 0 Å². The molecule has 0 aliphatic heterocycles. The number of benzene rings is 2. The Kier molecular flexibility index (Phi) is 4.83. The fourth-order valence-corrected chi connectivity index (χ4v) is 3.58. The van der Waals surface area contributed by atoms with E-state index in [2.05, 4.69) is 17.4 Å². The standard InChI is InChI=1S/C20H23NO4/c1-12(22)21-16-10-9-13-11-17(23-2)19(24-3)20(25-4)18(13)15-8-6-5-7-14(15)16/h5-8,11,16H,9-10H2,1-4H3,(H,21,22). The van der Waals surface area contributed by atoms with Crippen LogP contribution in [0.5, 0.6) is 17.2 Å². The highest BCUT2D eigenvalue weighted by Crippen LogP contribution is 2.50. The SMILES string of the molecule is COc1cc2c(c(OC)c1OC)-c1ccccc1C(NC(C)=O)CC2. The number of aryl methyl sites for hydroxylation is 1. The lowest BCUT2D eigenvalue weighted by molar-refractivity contribution is -0.119. The summed E-state index contributed by atoms with van der Waals surface area (Å²) in [6.07, 6.45) is 1.61.